The zero-order valence-electron chi connectivity index (χ0n) is 17.8. The van der Waals surface area contributed by atoms with Crippen LogP contribution in [0.3, 0.4) is 0 Å². The number of hydrogen-bond acceptors (Lipinski definition) is 5. The summed E-state index contributed by atoms with van der Waals surface area (Å²) in [5, 5.41) is 0.865. The average molecular weight is 401 g/mol. The van der Waals surface area contributed by atoms with Crippen molar-refractivity contribution < 1.29 is 13.9 Å². The number of benzene rings is 1. The van der Waals surface area contributed by atoms with E-state index in [4.69, 9.17) is 9.15 Å². The number of carbonyl (C=O) groups excluding carboxylic acids is 1. The molecular weight excluding hydrogens is 368 g/mol. The molecule has 2 aromatic rings. The lowest BCUT2D eigenvalue weighted by Crippen LogP contribution is -2.45. The van der Waals surface area contributed by atoms with Crippen LogP contribution in [-0.2, 0) is 11.2 Å². The summed E-state index contributed by atoms with van der Waals surface area (Å²) in [4.78, 5) is 29.6. The van der Waals surface area contributed by atoms with Crippen molar-refractivity contribution in [1.82, 2.24) is 4.90 Å². The van der Waals surface area contributed by atoms with Crippen LogP contribution in [0.25, 0.3) is 11.0 Å². The number of amides is 1. The number of nitrogens with zero attached hydrogens (tertiary/aromatic N) is 2. The summed E-state index contributed by atoms with van der Waals surface area (Å²) in [5.74, 6) is 0.726. The highest BCUT2D eigenvalue weighted by atomic mass is 16.5. The SMILES string of the molecule is CCCCN(CC)CC(=O)N1CCCc2c1c(=O)oc1ccc(OCCC)cc21. The lowest BCUT2D eigenvalue weighted by atomic mass is 9.98. The van der Waals surface area contributed by atoms with Crippen molar-refractivity contribution in [1.29, 1.82) is 0 Å². The van der Waals surface area contributed by atoms with Crippen LogP contribution in [0.15, 0.2) is 27.4 Å². The smallest absolute Gasteiger partial charge is 0.360 e. The molecule has 1 aromatic heterocycles. The summed E-state index contributed by atoms with van der Waals surface area (Å²) >= 11 is 0. The Balaban J connectivity index is 1.94. The standard InChI is InChI=1S/C23H32N2O4/c1-4-7-12-24(6-3)16-21(26)25-13-8-9-18-19-15-17(28-14-5-2)10-11-20(19)29-23(27)22(18)25/h10-11,15H,4-9,12-14,16H2,1-3H3. The fraction of sp³-hybridized carbons (Fsp3) is 0.565. The molecule has 0 N–H and O–H groups in total. The van der Waals surface area contributed by atoms with Gasteiger partial charge in [-0.1, -0.05) is 27.2 Å². The van der Waals surface area contributed by atoms with Crippen LogP contribution in [-0.4, -0.2) is 43.6 Å². The molecule has 1 aromatic carbocycles. The Morgan fingerprint density at radius 3 is 2.79 bits per heavy atom. The van der Waals surface area contributed by atoms with Gasteiger partial charge in [-0.25, -0.2) is 4.79 Å². The quantitative estimate of drug-likeness (QED) is 0.596. The van der Waals surface area contributed by atoms with E-state index in [0.29, 0.717) is 31.0 Å². The number of likely N-dealkylation sites (N-methyl/N-ethyl adjacent to an activating group) is 1. The van der Waals surface area contributed by atoms with Crippen molar-refractivity contribution >= 4 is 22.6 Å². The van der Waals surface area contributed by atoms with Gasteiger partial charge in [-0.2, -0.15) is 0 Å². The van der Waals surface area contributed by atoms with Crippen LogP contribution >= 0.6 is 0 Å². The molecule has 0 saturated heterocycles. The first-order valence-electron chi connectivity index (χ1n) is 10.8. The third kappa shape index (κ3) is 4.81. The molecule has 6 heteroatoms. The second-order valence-corrected chi connectivity index (χ2v) is 7.59. The van der Waals surface area contributed by atoms with Crippen LogP contribution in [0, 0.1) is 0 Å². The van der Waals surface area contributed by atoms with Gasteiger partial charge in [-0.05, 0) is 62.5 Å². The highest BCUT2D eigenvalue weighted by Crippen LogP contribution is 2.32. The number of rotatable bonds is 9. The minimum atomic E-state index is -0.431. The predicted molar refractivity (Wildman–Crippen MR) is 116 cm³/mol. The average Bonchev–Trinajstić information content (AvgIpc) is 2.74. The summed E-state index contributed by atoms with van der Waals surface area (Å²) in [5.41, 5.74) is 1.42. The summed E-state index contributed by atoms with van der Waals surface area (Å²) < 4.78 is 11.3. The van der Waals surface area contributed by atoms with Crippen molar-refractivity contribution in [3.63, 3.8) is 0 Å². The first kappa shape index (κ1) is 21.4. The second-order valence-electron chi connectivity index (χ2n) is 7.59. The number of hydrogen-bond donors (Lipinski definition) is 0. The molecule has 0 spiro atoms. The molecule has 0 saturated carbocycles. The summed E-state index contributed by atoms with van der Waals surface area (Å²) in [7, 11) is 0. The first-order valence-corrected chi connectivity index (χ1v) is 10.8. The molecule has 0 unspecified atom stereocenters. The number of unbranched alkanes of at least 4 members (excludes halogenated alkanes) is 1. The van der Waals surface area contributed by atoms with Crippen LogP contribution in [0.1, 0.15) is 52.0 Å². The molecule has 1 aliphatic heterocycles. The number of anilines is 1. The first-order chi connectivity index (χ1) is 14.1. The van der Waals surface area contributed by atoms with Gasteiger partial charge in [0, 0.05) is 11.9 Å². The fourth-order valence-corrected chi connectivity index (χ4v) is 3.85. The summed E-state index contributed by atoms with van der Waals surface area (Å²) in [6.45, 7) is 9.50. The molecule has 0 bridgehead atoms. The second kappa shape index (κ2) is 9.92. The summed E-state index contributed by atoms with van der Waals surface area (Å²) in [6, 6.07) is 5.54. The number of fused-ring (bicyclic) bond motifs is 3. The molecule has 3 rings (SSSR count). The van der Waals surface area contributed by atoms with Gasteiger partial charge in [0.1, 0.15) is 17.0 Å². The maximum Gasteiger partial charge on any atom is 0.360 e. The van der Waals surface area contributed by atoms with Gasteiger partial charge in [-0.15, -0.1) is 0 Å². The Labute approximate surface area is 172 Å². The van der Waals surface area contributed by atoms with Gasteiger partial charge in [-0.3, -0.25) is 9.69 Å². The van der Waals surface area contributed by atoms with Gasteiger partial charge in [0.15, 0.2) is 0 Å². The lowest BCUT2D eigenvalue weighted by molar-refractivity contribution is -0.119. The number of carbonyl (C=O) groups is 1. The van der Waals surface area contributed by atoms with Gasteiger partial charge in [0.05, 0.1) is 13.2 Å². The molecule has 2 heterocycles. The molecule has 0 radical (unpaired) electrons. The largest absolute Gasteiger partial charge is 0.494 e. The van der Waals surface area contributed by atoms with Crippen LogP contribution in [0.4, 0.5) is 5.69 Å². The number of aryl methyl sites for hydroxylation is 1. The van der Waals surface area contributed by atoms with Gasteiger partial charge in [0.25, 0.3) is 0 Å². The minimum Gasteiger partial charge on any atom is -0.494 e. The molecule has 29 heavy (non-hydrogen) atoms. The van der Waals surface area contributed by atoms with Crippen molar-refractivity contribution in [3.05, 3.63) is 34.2 Å². The normalized spacial score (nSPS) is 13.7. The molecular formula is C23H32N2O4. The summed E-state index contributed by atoms with van der Waals surface area (Å²) in [6.07, 6.45) is 4.67. The maximum absolute atomic E-state index is 13.1. The Morgan fingerprint density at radius 1 is 1.24 bits per heavy atom. The number of ether oxygens (including phenoxy) is 1. The highest BCUT2D eigenvalue weighted by molar-refractivity contribution is 5.98. The van der Waals surface area contributed by atoms with E-state index in [9.17, 15) is 9.59 Å². The van der Waals surface area contributed by atoms with Crippen molar-refractivity contribution in [2.75, 3.05) is 37.7 Å². The third-order valence-electron chi connectivity index (χ3n) is 5.44. The van der Waals surface area contributed by atoms with E-state index in [2.05, 4.69) is 25.7 Å². The molecule has 6 nitrogen and oxygen atoms in total. The lowest BCUT2D eigenvalue weighted by Gasteiger charge is -2.31. The van der Waals surface area contributed by atoms with E-state index in [1.54, 1.807) is 11.0 Å². The van der Waals surface area contributed by atoms with Crippen molar-refractivity contribution in [2.24, 2.45) is 0 Å². The Bertz CT molecular complexity index is 906. The zero-order chi connectivity index (χ0) is 20.8. The Hall–Kier alpha value is -2.34. The highest BCUT2D eigenvalue weighted by Gasteiger charge is 2.29. The van der Waals surface area contributed by atoms with Crippen LogP contribution < -0.4 is 15.3 Å². The van der Waals surface area contributed by atoms with E-state index in [-0.39, 0.29) is 5.91 Å². The van der Waals surface area contributed by atoms with Gasteiger partial charge < -0.3 is 14.1 Å². The molecule has 1 amide bonds. The van der Waals surface area contributed by atoms with Crippen molar-refractivity contribution in [2.45, 2.75) is 52.9 Å². The van der Waals surface area contributed by atoms with E-state index >= 15 is 0 Å². The third-order valence-corrected chi connectivity index (χ3v) is 5.44. The maximum atomic E-state index is 13.1. The topological polar surface area (TPSA) is 63.0 Å². The van der Waals surface area contributed by atoms with Gasteiger partial charge >= 0.3 is 5.63 Å². The Kier molecular flexibility index (Phi) is 7.31. The van der Waals surface area contributed by atoms with E-state index < -0.39 is 5.63 Å². The van der Waals surface area contributed by atoms with Crippen LogP contribution in [0.5, 0.6) is 5.75 Å². The van der Waals surface area contributed by atoms with E-state index in [0.717, 1.165) is 61.9 Å². The molecule has 0 aliphatic carbocycles. The zero-order valence-corrected chi connectivity index (χ0v) is 17.8. The van der Waals surface area contributed by atoms with Crippen molar-refractivity contribution in [3.8, 4) is 5.75 Å². The molecule has 1 aliphatic rings. The molecule has 0 atom stereocenters. The monoisotopic (exact) mass is 400 g/mol. The van der Waals surface area contributed by atoms with E-state index in [1.807, 2.05) is 12.1 Å². The fourth-order valence-electron chi connectivity index (χ4n) is 3.85. The van der Waals surface area contributed by atoms with Gasteiger partial charge in [0.2, 0.25) is 5.91 Å². The Morgan fingerprint density at radius 2 is 2.07 bits per heavy atom. The molecule has 158 valence electrons. The van der Waals surface area contributed by atoms with Crippen LogP contribution in [0.2, 0.25) is 0 Å². The predicted octanol–water partition coefficient (Wildman–Crippen LogP) is 3.98. The molecule has 0 fully saturated rings. The van der Waals surface area contributed by atoms with E-state index in [1.165, 1.54) is 0 Å². The minimum absolute atomic E-state index is 0.0334.